The van der Waals surface area contributed by atoms with Crippen molar-refractivity contribution in [1.82, 2.24) is 19.3 Å². The van der Waals surface area contributed by atoms with Crippen molar-refractivity contribution in [1.29, 1.82) is 0 Å². The molecule has 1 aliphatic rings. The Morgan fingerprint density at radius 2 is 1.70 bits per heavy atom. The van der Waals surface area contributed by atoms with Gasteiger partial charge in [-0.2, -0.15) is 9.29 Å². The Bertz CT molecular complexity index is 1140. The van der Waals surface area contributed by atoms with Crippen molar-refractivity contribution in [3.8, 4) is 11.4 Å². The maximum absolute atomic E-state index is 13.1. The summed E-state index contributed by atoms with van der Waals surface area (Å²) in [6.45, 7) is 6.24. The number of benzene rings is 2. The third kappa shape index (κ3) is 4.28. The summed E-state index contributed by atoms with van der Waals surface area (Å²) < 4.78 is 45.8. The Morgan fingerprint density at radius 1 is 1.00 bits per heavy atom. The van der Waals surface area contributed by atoms with E-state index in [-0.39, 0.29) is 5.82 Å². The molecule has 30 heavy (non-hydrogen) atoms. The molecule has 0 atom stereocenters. The molecule has 0 amide bonds. The number of aromatic nitrogens is 2. The molecule has 2 heterocycles. The van der Waals surface area contributed by atoms with Gasteiger partial charge in [0.05, 0.1) is 11.4 Å². The van der Waals surface area contributed by atoms with E-state index in [2.05, 4.69) is 15.0 Å². The van der Waals surface area contributed by atoms with E-state index in [1.54, 1.807) is 24.3 Å². The predicted molar refractivity (Wildman–Crippen MR) is 110 cm³/mol. The minimum Gasteiger partial charge on any atom is -0.338 e. The standard InChI is InChI=1S/C21H23FN4O3S/c1-15-3-8-19(13-16(15)2)30(27,28)26-11-9-25(10-12-26)14-20-23-21(24-29-20)17-4-6-18(22)7-5-17/h3-8,13H,9-12,14H2,1-2H3. The lowest BCUT2D eigenvalue weighted by atomic mass is 10.1. The molecule has 0 saturated carbocycles. The number of hydrogen-bond donors (Lipinski definition) is 0. The fraction of sp³-hybridized carbons (Fsp3) is 0.333. The zero-order chi connectivity index (χ0) is 21.3. The highest BCUT2D eigenvalue weighted by Gasteiger charge is 2.29. The summed E-state index contributed by atoms with van der Waals surface area (Å²) in [4.78, 5) is 6.77. The van der Waals surface area contributed by atoms with Gasteiger partial charge >= 0.3 is 0 Å². The van der Waals surface area contributed by atoms with Gasteiger partial charge in [0.15, 0.2) is 0 Å². The lowest BCUT2D eigenvalue weighted by molar-refractivity contribution is 0.163. The zero-order valence-corrected chi connectivity index (χ0v) is 17.7. The monoisotopic (exact) mass is 430 g/mol. The van der Waals surface area contributed by atoms with E-state index in [1.807, 2.05) is 19.9 Å². The fourth-order valence-electron chi connectivity index (χ4n) is 3.38. The maximum Gasteiger partial charge on any atom is 0.243 e. The van der Waals surface area contributed by atoms with Gasteiger partial charge in [-0.15, -0.1) is 0 Å². The van der Waals surface area contributed by atoms with Crippen LogP contribution < -0.4 is 0 Å². The van der Waals surface area contributed by atoms with Gasteiger partial charge in [-0.3, -0.25) is 4.90 Å². The quantitative estimate of drug-likeness (QED) is 0.619. The summed E-state index contributed by atoms with van der Waals surface area (Å²) in [6, 6.07) is 11.1. The predicted octanol–water partition coefficient (Wildman–Crippen LogP) is 3.00. The molecule has 9 heteroatoms. The van der Waals surface area contributed by atoms with Gasteiger partial charge in [-0.25, -0.2) is 12.8 Å². The number of nitrogens with zero attached hydrogens (tertiary/aromatic N) is 4. The summed E-state index contributed by atoms with van der Waals surface area (Å²) in [7, 11) is -3.51. The Balaban J connectivity index is 1.38. The number of halogens is 1. The zero-order valence-electron chi connectivity index (χ0n) is 16.9. The summed E-state index contributed by atoms with van der Waals surface area (Å²) in [5, 5.41) is 3.95. The van der Waals surface area contributed by atoms with Gasteiger partial charge < -0.3 is 4.52 Å². The van der Waals surface area contributed by atoms with Crippen LogP contribution in [0.25, 0.3) is 11.4 Å². The Labute approximate surface area is 175 Å². The number of piperazine rings is 1. The summed E-state index contributed by atoms with van der Waals surface area (Å²) in [5.74, 6) is 0.525. The Kier molecular flexibility index (Phi) is 5.68. The van der Waals surface area contributed by atoms with Gasteiger partial charge in [-0.1, -0.05) is 11.2 Å². The molecule has 7 nitrogen and oxygen atoms in total. The number of hydrogen-bond acceptors (Lipinski definition) is 6. The minimum atomic E-state index is -3.51. The summed E-state index contributed by atoms with van der Waals surface area (Å²) >= 11 is 0. The molecule has 2 aromatic carbocycles. The molecule has 158 valence electrons. The molecular weight excluding hydrogens is 407 g/mol. The first-order valence-corrected chi connectivity index (χ1v) is 11.2. The van der Waals surface area contributed by atoms with Crippen molar-refractivity contribution in [3.63, 3.8) is 0 Å². The smallest absolute Gasteiger partial charge is 0.243 e. The molecule has 0 spiro atoms. The van der Waals surface area contributed by atoms with Crippen LogP contribution in [0.5, 0.6) is 0 Å². The van der Waals surface area contributed by atoms with E-state index in [4.69, 9.17) is 4.52 Å². The van der Waals surface area contributed by atoms with E-state index in [0.29, 0.717) is 54.9 Å². The van der Waals surface area contributed by atoms with Gasteiger partial charge in [0.1, 0.15) is 5.82 Å². The Morgan fingerprint density at radius 3 is 2.37 bits per heavy atom. The average Bonchev–Trinajstić information content (AvgIpc) is 3.19. The van der Waals surface area contributed by atoms with Crippen molar-refractivity contribution >= 4 is 10.0 Å². The van der Waals surface area contributed by atoms with Crippen LogP contribution in [0.15, 0.2) is 51.9 Å². The molecule has 0 bridgehead atoms. The molecular formula is C21H23FN4O3S. The SMILES string of the molecule is Cc1ccc(S(=O)(=O)N2CCN(Cc3nc(-c4ccc(F)cc4)no3)CC2)cc1C. The van der Waals surface area contributed by atoms with Crippen LogP contribution in [-0.4, -0.2) is 53.9 Å². The van der Waals surface area contributed by atoms with Gasteiger partial charge in [-0.05, 0) is 61.4 Å². The first-order valence-electron chi connectivity index (χ1n) is 9.71. The highest BCUT2D eigenvalue weighted by atomic mass is 32.2. The van der Waals surface area contributed by atoms with E-state index in [1.165, 1.54) is 16.4 Å². The second-order valence-corrected chi connectivity index (χ2v) is 9.38. The fourth-order valence-corrected chi connectivity index (χ4v) is 4.89. The molecule has 0 radical (unpaired) electrons. The number of rotatable bonds is 5. The van der Waals surface area contributed by atoms with Crippen molar-refractivity contribution in [2.45, 2.75) is 25.3 Å². The second-order valence-electron chi connectivity index (χ2n) is 7.44. The summed E-state index contributed by atoms with van der Waals surface area (Å²) in [5.41, 5.74) is 2.71. The van der Waals surface area contributed by atoms with Crippen LogP contribution >= 0.6 is 0 Å². The van der Waals surface area contributed by atoms with Crippen LogP contribution in [0.4, 0.5) is 4.39 Å². The molecule has 0 aliphatic carbocycles. The molecule has 1 saturated heterocycles. The molecule has 3 aromatic rings. The molecule has 1 aromatic heterocycles. The lowest BCUT2D eigenvalue weighted by Crippen LogP contribution is -2.48. The normalized spacial score (nSPS) is 16.1. The van der Waals surface area contributed by atoms with Crippen molar-refractivity contribution < 1.29 is 17.3 Å². The largest absolute Gasteiger partial charge is 0.338 e. The molecule has 0 N–H and O–H groups in total. The molecule has 4 rings (SSSR count). The second kappa shape index (κ2) is 8.25. The number of sulfonamides is 1. The van der Waals surface area contributed by atoms with E-state index >= 15 is 0 Å². The van der Waals surface area contributed by atoms with Gasteiger partial charge in [0.2, 0.25) is 21.7 Å². The molecule has 0 unspecified atom stereocenters. The van der Waals surface area contributed by atoms with Crippen molar-refractivity contribution in [2.24, 2.45) is 0 Å². The average molecular weight is 431 g/mol. The van der Waals surface area contributed by atoms with Gasteiger partial charge in [0, 0.05) is 31.7 Å². The van der Waals surface area contributed by atoms with Gasteiger partial charge in [0.25, 0.3) is 0 Å². The van der Waals surface area contributed by atoms with Crippen molar-refractivity contribution in [2.75, 3.05) is 26.2 Å². The third-order valence-corrected chi connectivity index (χ3v) is 7.27. The summed E-state index contributed by atoms with van der Waals surface area (Å²) in [6.07, 6.45) is 0. The van der Waals surface area contributed by atoms with Crippen LogP contribution in [0.3, 0.4) is 0 Å². The lowest BCUT2D eigenvalue weighted by Gasteiger charge is -2.33. The van der Waals surface area contributed by atoms with Crippen LogP contribution in [0, 0.1) is 19.7 Å². The van der Waals surface area contributed by atoms with E-state index < -0.39 is 10.0 Å². The first kappa shape index (κ1) is 20.6. The van der Waals surface area contributed by atoms with E-state index in [0.717, 1.165) is 11.1 Å². The number of aryl methyl sites for hydroxylation is 2. The third-order valence-electron chi connectivity index (χ3n) is 5.38. The Hall–Kier alpha value is -2.62. The highest BCUT2D eigenvalue weighted by Crippen LogP contribution is 2.21. The topological polar surface area (TPSA) is 79.5 Å². The van der Waals surface area contributed by atoms with Crippen LogP contribution in [0.2, 0.25) is 0 Å². The minimum absolute atomic E-state index is 0.323. The first-order chi connectivity index (χ1) is 14.3. The molecule has 1 fully saturated rings. The van der Waals surface area contributed by atoms with Crippen molar-refractivity contribution in [3.05, 3.63) is 65.3 Å². The van der Waals surface area contributed by atoms with Crippen LogP contribution in [0.1, 0.15) is 17.0 Å². The maximum atomic E-state index is 13.1. The van der Waals surface area contributed by atoms with Crippen LogP contribution in [-0.2, 0) is 16.6 Å². The highest BCUT2D eigenvalue weighted by molar-refractivity contribution is 7.89. The van der Waals surface area contributed by atoms with E-state index in [9.17, 15) is 12.8 Å². The molecule has 1 aliphatic heterocycles.